The van der Waals surface area contributed by atoms with Crippen LogP contribution in [0.5, 0.6) is 5.75 Å². The highest BCUT2D eigenvalue weighted by atomic mass is 16.4. The van der Waals surface area contributed by atoms with Crippen molar-refractivity contribution < 1.29 is 23.9 Å². The predicted octanol–water partition coefficient (Wildman–Crippen LogP) is 2.23. The van der Waals surface area contributed by atoms with Gasteiger partial charge in [-0.2, -0.15) is 5.10 Å². The Balaban J connectivity index is 1.48. The molecule has 0 saturated carbocycles. The molecule has 0 radical (unpaired) electrons. The minimum atomic E-state index is -0.600. The number of pyridine rings is 1. The van der Waals surface area contributed by atoms with Gasteiger partial charge in [0.15, 0.2) is 5.76 Å². The SMILES string of the molecule is Cc1c(C(=O)NNC(=O)c2ccncc2)oc2c1/C(=N/NC(=O)c1ccc(O)cc1)CCC2. The monoisotopic (exact) mass is 447 g/mol. The van der Waals surface area contributed by atoms with Crippen LogP contribution in [0.3, 0.4) is 0 Å². The normalized spacial score (nSPS) is 13.8. The number of nitrogens with one attached hydrogen (secondary N) is 3. The van der Waals surface area contributed by atoms with Gasteiger partial charge >= 0.3 is 5.91 Å². The van der Waals surface area contributed by atoms with Crippen molar-refractivity contribution in [2.45, 2.75) is 26.2 Å². The topological polar surface area (TPSA) is 146 Å². The van der Waals surface area contributed by atoms with E-state index in [1.54, 1.807) is 6.92 Å². The van der Waals surface area contributed by atoms with E-state index < -0.39 is 17.7 Å². The summed E-state index contributed by atoms with van der Waals surface area (Å²) in [4.78, 5) is 41.0. The van der Waals surface area contributed by atoms with Gasteiger partial charge in [0.25, 0.3) is 11.8 Å². The van der Waals surface area contributed by atoms with Gasteiger partial charge < -0.3 is 9.52 Å². The number of hydrazone groups is 1. The van der Waals surface area contributed by atoms with Gasteiger partial charge in [-0.15, -0.1) is 0 Å². The van der Waals surface area contributed by atoms with Crippen molar-refractivity contribution in [3.63, 3.8) is 0 Å². The minimum absolute atomic E-state index is 0.0616. The van der Waals surface area contributed by atoms with Crippen molar-refractivity contribution in [1.29, 1.82) is 0 Å². The molecule has 3 amide bonds. The molecule has 4 rings (SSSR count). The van der Waals surface area contributed by atoms with Crippen LogP contribution in [0.25, 0.3) is 0 Å². The number of carbonyl (C=O) groups excluding carboxylic acids is 3. The first-order chi connectivity index (χ1) is 15.9. The molecule has 0 saturated heterocycles. The maximum atomic E-state index is 12.6. The van der Waals surface area contributed by atoms with Crippen molar-refractivity contribution >= 4 is 23.4 Å². The lowest BCUT2D eigenvalue weighted by Crippen LogP contribution is -2.41. The van der Waals surface area contributed by atoms with Crippen LogP contribution in [0.4, 0.5) is 0 Å². The lowest BCUT2D eigenvalue weighted by atomic mass is 9.93. The van der Waals surface area contributed by atoms with Gasteiger partial charge in [-0.25, -0.2) is 5.43 Å². The molecule has 0 aliphatic heterocycles. The van der Waals surface area contributed by atoms with Crippen LogP contribution in [0, 0.1) is 6.92 Å². The number of hydrazine groups is 1. The first-order valence-corrected chi connectivity index (χ1v) is 10.2. The lowest BCUT2D eigenvalue weighted by Gasteiger charge is -2.13. The molecule has 2 aromatic heterocycles. The molecule has 3 aromatic rings. The summed E-state index contributed by atoms with van der Waals surface area (Å²) in [5.74, 6) is -0.786. The van der Waals surface area contributed by atoms with Gasteiger partial charge in [0.1, 0.15) is 11.5 Å². The maximum absolute atomic E-state index is 12.6. The summed E-state index contributed by atoms with van der Waals surface area (Å²) in [7, 11) is 0. The molecular weight excluding hydrogens is 426 g/mol. The minimum Gasteiger partial charge on any atom is -0.508 e. The molecule has 0 bridgehead atoms. The van der Waals surface area contributed by atoms with Gasteiger partial charge in [-0.05, 0) is 56.2 Å². The molecule has 0 fully saturated rings. The quantitative estimate of drug-likeness (QED) is 0.451. The van der Waals surface area contributed by atoms with Gasteiger partial charge in [-0.1, -0.05) is 0 Å². The molecule has 0 spiro atoms. The second-order valence-electron chi connectivity index (χ2n) is 7.40. The number of phenolic OH excluding ortho intramolecular Hbond substituents is 1. The number of aromatic hydroxyl groups is 1. The van der Waals surface area contributed by atoms with Crippen LogP contribution in [0.15, 0.2) is 58.3 Å². The van der Waals surface area contributed by atoms with E-state index in [0.29, 0.717) is 46.6 Å². The molecule has 2 heterocycles. The zero-order valence-corrected chi connectivity index (χ0v) is 17.7. The van der Waals surface area contributed by atoms with Crippen LogP contribution >= 0.6 is 0 Å². The van der Waals surface area contributed by atoms with E-state index in [0.717, 1.165) is 6.42 Å². The highest BCUT2D eigenvalue weighted by molar-refractivity contribution is 6.07. The Bertz CT molecular complexity index is 1230. The van der Waals surface area contributed by atoms with E-state index in [1.165, 1.54) is 48.8 Å². The Hall–Kier alpha value is -4.47. The zero-order valence-electron chi connectivity index (χ0n) is 17.7. The number of aromatic nitrogens is 1. The predicted molar refractivity (Wildman–Crippen MR) is 118 cm³/mol. The Labute approximate surface area is 188 Å². The van der Waals surface area contributed by atoms with Gasteiger partial charge in [0.05, 0.1) is 5.71 Å². The standard InChI is InChI=1S/C23H21N5O5/c1-13-19-17(25-26-21(30)14-5-7-16(29)8-6-14)3-2-4-18(19)33-20(13)23(32)28-27-22(31)15-9-11-24-12-10-15/h5-12,29H,2-4H2,1H3,(H,26,30)(H,27,31)(H,28,32)/b25-17+. The maximum Gasteiger partial charge on any atom is 0.305 e. The number of furan rings is 1. The number of benzene rings is 1. The second kappa shape index (κ2) is 9.35. The van der Waals surface area contributed by atoms with Crippen LogP contribution in [-0.2, 0) is 6.42 Å². The van der Waals surface area contributed by atoms with Crippen LogP contribution < -0.4 is 16.3 Å². The molecule has 1 aliphatic carbocycles. The van der Waals surface area contributed by atoms with Crippen molar-refractivity contribution in [1.82, 2.24) is 21.3 Å². The number of fused-ring (bicyclic) bond motifs is 1. The zero-order chi connectivity index (χ0) is 23.4. The number of amides is 3. The van der Waals surface area contributed by atoms with Gasteiger partial charge in [0, 0.05) is 41.1 Å². The van der Waals surface area contributed by atoms with E-state index in [1.807, 2.05) is 0 Å². The van der Waals surface area contributed by atoms with E-state index >= 15 is 0 Å². The molecule has 0 unspecified atom stereocenters. The molecule has 10 nitrogen and oxygen atoms in total. The third-order valence-corrected chi connectivity index (χ3v) is 5.19. The average Bonchev–Trinajstić information content (AvgIpc) is 3.19. The van der Waals surface area contributed by atoms with E-state index in [-0.39, 0.29) is 11.5 Å². The number of phenols is 1. The summed E-state index contributed by atoms with van der Waals surface area (Å²) in [6.07, 6.45) is 4.92. The van der Waals surface area contributed by atoms with Gasteiger partial charge in [-0.3, -0.25) is 30.2 Å². The molecule has 168 valence electrons. The van der Waals surface area contributed by atoms with Crippen molar-refractivity contribution in [3.05, 3.63) is 82.6 Å². The number of aryl methyl sites for hydroxylation is 1. The highest BCUT2D eigenvalue weighted by Gasteiger charge is 2.28. The molecule has 1 aliphatic rings. The molecule has 0 atom stereocenters. The highest BCUT2D eigenvalue weighted by Crippen LogP contribution is 2.29. The largest absolute Gasteiger partial charge is 0.508 e. The number of hydrogen-bond acceptors (Lipinski definition) is 7. The Morgan fingerprint density at radius 2 is 1.61 bits per heavy atom. The molecule has 10 heteroatoms. The van der Waals surface area contributed by atoms with Crippen LogP contribution in [-0.4, -0.2) is 33.5 Å². The molecular formula is C23H21N5O5. The smallest absolute Gasteiger partial charge is 0.305 e. The number of nitrogens with zero attached hydrogens (tertiary/aromatic N) is 2. The fourth-order valence-corrected chi connectivity index (χ4v) is 3.54. The molecule has 1 aromatic carbocycles. The molecule has 4 N–H and O–H groups in total. The van der Waals surface area contributed by atoms with E-state index in [2.05, 4.69) is 26.4 Å². The van der Waals surface area contributed by atoms with Crippen molar-refractivity contribution in [2.75, 3.05) is 0 Å². The summed E-state index contributed by atoms with van der Waals surface area (Å²) in [6.45, 7) is 1.73. The summed E-state index contributed by atoms with van der Waals surface area (Å²) >= 11 is 0. The Kier molecular flexibility index (Phi) is 6.16. The molecule has 33 heavy (non-hydrogen) atoms. The Morgan fingerprint density at radius 1 is 0.939 bits per heavy atom. The lowest BCUT2D eigenvalue weighted by molar-refractivity contribution is 0.0829. The fraction of sp³-hybridized carbons (Fsp3) is 0.174. The summed E-state index contributed by atoms with van der Waals surface area (Å²) < 4.78 is 5.78. The van der Waals surface area contributed by atoms with Crippen LogP contribution in [0.2, 0.25) is 0 Å². The number of carbonyl (C=O) groups is 3. The summed E-state index contributed by atoms with van der Waals surface area (Å²) in [5, 5.41) is 13.6. The first-order valence-electron chi connectivity index (χ1n) is 10.2. The van der Waals surface area contributed by atoms with E-state index in [4.69, 9.17) is 4.42 Å². The average molecular weight is 447 g/mol. The second-order valence-corrected chi connectivity index (χ2v) is 7.40. The first kappa shape index (κ1) is 21.8. The van der Waals surface area contributed by atoms with Crippen LogP contribution in [0.1, 0.15) is 61.0 Å². The summed E-state index contributed by atoms with van der Waals surface area (Å²) in [6, 6.07) is 8.85. The Morgan fingerprint density at radius 3 is 2.33 bits per heavy atom. The van der Waals surface area contributed by atoms with Crippen molar-refractivity contribution in [3.8, 4) is 5.75 Å². The number of rotatable bonds is 4. The summed E-state index contributed by atoms with van der Waals surface area (Å²) in [5.41, 5.74) is 9.76. The fourth-order valence-electron chi connectivity index (χ4n) is 3.54. The number of hydrogen-bond donors (Lipinski definition) is 4. The third kappa shape index (κ3) is 4.74. The van der Waals surface area contributed by atoms with Crippen molar-refractivity contribution in [2.24, 2.45) is 5.10 Å². The third-order valence-electron chi connectivity index (χ3n) is 5.19. The van der Waals surface area contributed by atoms with Gasteiger partial charge in [0.2, 0.25) is 0 Å². The van der Waals surface area contributed by atoms with E-state index in [9.17, 15) is 19.5 Å².